The number of aromatic nitrogens is 1. The summed E-state index contributed by atoms with van der Waals surface area (Å²) in [5, 5.41) is 1.37. The molecule has 3 aromatic rings. The quantitative estimate of drug-likeness (QED) is 0.688. The molecule has 1 heterocycles. The summed E-state index contributed by atoms with van der Waals surface area (Å²) in [6.07, 6.45) is 3.57. The molecule has 0 aliphatic rings. The Kier molecular flexibility index (Phi) is 3.47. The second-order valence-corrected chi connectivity index (χ2v) is 7.29. The minimum atomic E-state index is -3.79. The molecule has 2 aromatic carbocycles. The molecular weight excluding hydrogens is 313 g/mol. The Morgan fingerprint density at radius 1 is 1.05 bits per heavy atom. The van der Waals surface area contributed by atoms with E-state index in [1.54, 1.807) is 24.4 Å². The fourth-order valence-corrected chi connectivity index (χ4v) is 3.38. The third kappa shape index (κ3) is 2.94. The molecule has 0 bridgehead atoms. The second-order valence-electron chi connectivity index (χ2n) is 4.75. The van der Waals surface area contributed by atoms with E-state index in [0.717, 1.165) is 10.9 Å². The maximum Gasteiger partial charge on any atom is 0.261 e. The smallest absolute Gasteiger partial charge is 0.261 e. The third-order valence-corrected chi connectivity index (χ3v) is 4.62. The van der Waals surface area contributed by atoms with E-state index in [9.17, 15) is 12.8 Å². The highest BCUT2D eigenvalue weighted by atomic mass is 35.7. The lowest BCUT2D eigenvalue weighted by Crippen LogP contribution is -1.96. The first-order chi connectivity index (χ1) is 9.93. The van der Waals surface area contributed by atoms with Crippen LogP contribution in [0.2, 0.25) is 0 Å². The molecule has 1 aromatic heterocycles. The lowest BCUT2D eigenvalue weighted by molar-refractivity contribution is 0.610. The summed E-state index contributed by atoms with van der Waals surface area (Å²) in [6.45, 7) is 0.525. The van der Waals surface area contributed by atoms with Crippen LogP contribution in [0.5, 0.6) is 0 Å². The van der Waals surface area contributed by atoms with Crippen LogP contribution in [0.1, 0.15) is 5.56 Å². The normalized spacial score (nSPS) is 11.9. The van der Waals surface area contributed by atoms with Gasteiger partial charge in [-0.2, -0.15) is 0 Å². The first-order valence-electron chi connectivity index (χ1n) is 6.21. The van der Waals surface area contributed by atoms with E-state index in [4.69, 9.17) is 10.7 Å². The molecule has 0 unspecified atom stereocenters. The highest BCUT2D eigenvalue weighted by molar-refractivity contribution is 8.14. The van der Waals surface area contributed by atoms with Crippen molar-refractivity contribution in [2.45, 2.75) is 11.4 Å². The van der Waals surface area contributed by atoms with Crippen molar-refractivity contribution in [1.82, 2.24) is 4.57 Å². The molecule has 21 heavy (non-hydrogen) atoms. The number of benzene rings is 2. The molecule has 0 amide bonds. The van der Waals surface area contributed by atoms with Gasteiger partial charge in [-0.05, 0) is 23.8 Å². The number of halogens is 2. The number of hydrogen-bond acceptors (Lipinski definition) is 2. The summed E-state index contributed by atoms with van der Waals surface area (Å²) in [4.78, 5) is 0.0968. The van der Waals surface area contributed by atoms with Gasteiger partial charge in [0.15, 0.2) is 0 Å². The molecule has 3 rings (SSSR count). The van der Waals surface area contributed by atoms with Gasteiger partial charge >= 0.3 is 0 Å². The first-order valence-corrected chi connectivity index (χ1v) is 8.52. The van der Waals surface area contributed by atoms with Crippen LogP contribution in [-0.4, -0.2) is 13.0 Å². The van der Waals surface area contributed by atoms with Gasteiger partial charge in [-0.25, -0.2) is 12.8 Å². The monoisotopic (exact) mass is 323 g/mol. The van der Waals surface area contributed by atoms with Gasteiger partial charge in [0.25, 0.3) is 9.05 Å². The van der Waals surface area contributed by atoms with E-state index >= 15 is 0 Å². The largest absolute Gasteiger partial charge is 0.349 e. The molecule has 6 heteroatoms. The molecule has 0 aliphatic heterocycles. The zero-order valence-corrected chi connectivity index (χ0v) is 12.4. The van der Waals surface area contributed by atoms with Crippen LogP contribution >= 0.6 is 10.7 Å². The summed E-state index contributed by atoms with van der Waals surface area (Å²) in [5.74, 6) is -0.285. The Hall–Kier alpha value is -1.85. The van der Waals surface area contributed by atoms with E-state index in [-0.39, 0.29) is 10.7 Å². The van der Waals surface area contributed by atoms with Crippen LogP contribution < -0.4 is 0 Å². The average molecular weight is 324 g/mol. The van der Waals surface area contributed by atoms with Crippen LogP contribution in [0.15, 0.2) is 59.8 Å². The fourth-order valence-electron chi connectivity index (χ4n) is 2.30. The van der Waals surface area contributed by atoms with Crippen molar-refractivity contribution in [3.05, 3.63) is 66.2 Å². The zero-order valence-electron chi connectivity index (χ0n) is 10.8. The van der Waals surface area contributed by atoms with E-state index in [1.807, 2.05) is 16.8 Å². The van der Waals surface area contributed by atoms with Crippen molar-refractivity contribution < 1.29 is 12.8 Å². The molecule has 0 aliphatic carbocycles. The summed E-state index contributed by atoms with van der Waals surface area (Å²) >= 11 is 0. The number of fused-ring (bicyclic) bond motifs is 1. The van der Waals surface area contributed by atoms with E-state index in [0.29, 0.717) is 11.9 Å². The van der Waals surface area contributed by atoms with Gasteiger partial charge in [-0.15, -0.1) is 0 Å². The van der Waals surface area contributed by atoms with Crippen molar-refractivity contribution in [3.63, 3.8) is 0 Å². The lowest BCUT2D eigenvalue weighted by Gasteiger charge is -2.02. The van der Waals surface area contributed by atoms with E-state index < -0.39 is 9.05 Å². The number of rotatable bonds is 3. The van der Waals surface area contributed by atoms with Crippen molar-refractivity contribution in [2.75, 3.05) is 0 Å². The lowest BCUT2D eigenvalue weighted by atomic mass is 10.2. The topological polar surface area (TPSA) is 39.1 Å². The minimum absolute atomic E-state index is 0.0968. The number of nitrogens with zero attached hydrogens (tertiary/aromatic N) is 1. The van der Waals surface area contributed by atoms with Gasteiger partial charge in [0.2, 0.25) is 0 Å². The predicted octanol–water partition coefficient (Wildman–Crippen LogP) is 3.76. The van der Waals surface area contributed by atoms with Gasteiger partial charge in [-0.3, -0.25) is 0 Å². The Morgan fingerprint density at radius 2 is 1.76 bits per heavy atom. The highest BCUT2D eigenvalue weighted by Crippen LogP contribution is 2.26. The van der Waals surface area contributed by atoms with Crippen LogP contribution in [0.4, 0.5) is 4.39 Å². The van der Waals surface area contributed by atoms with Crippen molar-refractivity contribution in [2.24, 2.45) is 0 Å². The third-order valence-electron chi connectivity index (χ3n) is 3.24. The van der Waals surface area contributed by atoms with Gasteiger partial charge in [0.05, 0.1) is 4.90 Å². The van der Waals surface area contributed by atoms with Crippen molar-refractivity contribution >= 4 is 30.5 Å². The average Bonchev–Trinajstić information content (AvgIpc) is 2.82. The van der Waals surface area contributed by atoms with Crippen molar-refractivity contribution in [1.29, 1.82) is 0 Å². The highest BCUT2D eigenvalue weighted by Gasteiger charge is 2.15. The SMILES string of the molecule is O=S(=O)(Cl)c1cccc2cn(Cc3ccc(F)cc3)cc12. The van der Waals surface area contributed by atoms with Crippen LogP contribution in [0, 0.1) is 5.82 Å². The van der Waals surface area contributed by atoms with E-state index in [1.165, 1.54) is 18.2 Å². The second kappa shape index (κ2) is 5.16. The fraction of sp³-hybridized carbons (Fsp3) is 0.0667. The van der Waals surface area contributed by atoms with Gasteiger partial charge in [0.1, 0.15) is 5.82 Å². The molecular formula is C15H11ClFNO2S. The minimum Gasteiger partial charge on any atom is -0.349 e. The first kappa shape index (κ1) is 14.1. The Bertz CT molecular complexity index is 901. The van der Waals surface area contributed by atoms with Gasteiger partial charge in [0, 0.05) is 40.4 Å². The van der Waals surface area contributed by atoms with Gasteiger partial charge in [-0.1, -0.05) is 24.3 Å². The van der Waals surface area contributed by atoms with Crippen molar-refractivity contribution in [3.8, 4) is 0 Å². The molecule has 3 nitrogen and oxygen atoms in total. The standard InChI is InChI=1S/C15H11ClFNO2S/c16-21(19,20)15-3-1-2-12-9-18(10-14(12)15)8-11-4-6-13(17)7-5-11/h1-7,9-10H,8H2. The molecule has 0 fully saturated rings. The van der Waals surface area contributed by atoms with Crippen LogP contribution in [0.25, 0.3) is 10.8 Å². The Morgan fingerprint density at radius 3 is 2.43 bits per heavy atom. The maximum atomic E-state index is 12.9. The van der Waals surface area contributed by atoms with E-state index in [2.05, 4.69) is 0 Å². The molecule has 0 saturated heterocycles. The molecule has 0 saturated carbocycles. The molecule has 0 atom stereocenters. The zero-order chi connectivity index (χ0) is 15.0. The summed E-state index contributed by atoms with van der Waals surface area (Å²) in [7, 11) is 1.66. The number of hydrogen-bond donors (Lipinski definition) is 0. The van der Waals surface area contributed by atoms with Crippen LogP contribution in [-0.2, 0) is 15.6 Å². The molecule has 0 N–H and O–H groups in total. The van der Waals surface area contributed by atoms with Crippen LogP contribution in [0.3, 0.4) is 0 Å². The molecule has 108 valence electrons. The Balaban J connectivity index is 2.03. The maximum absolute atomic E-state index is 12.9. The molecule has 0 spiro atoms. The summed E-state index contributed by atoms with van der Waals surface area (Å²) in [6, 6.07) is 11.1. The summed E-state index contributed by atoms with van der Waals surface area (Å²) < 4.78 is 37.9. The Labute approximate surface area is 126 Å². The van der Waals surface area contributed by atoms with Gasteiger partial charge < -0.3 is 4.57 Å². The molecule has 0 radical (unpaired) electrons. The summed E-state index contributed by atoms with van der Waals surface area (Å²) in [5.41, 5.74) is 0.923. The predicted molar refractivity (Wildman–Crippen MR) is 80.5 cm³/mol.